The van der Waals surface area contributed by atoms with Crippen LogP contribution in [0.4, 0.5) is 0 Å². The molecule has 0 bridgehead atoms. The molecule has 0 radical (unpaired) electrons. The van der Waals surface area contributed by atoms with E-state index in [1.165, 1.54) is 19.3 Å². The first-order valence-electron chi connectivity index (χ1n) is 6.64. The van der Waals surface area contributed by atoms with Crippen LogP contribution in [0.3, 0.4) is 0 Å². The molecule has 1 unspecified atom stereocenters. The zero-order valence-electron chi connectivity index (χ0n) is 11.1. The lowest BCUT2D eigenvalue weighted by atomic mass is 9.84. The van der Waals surface area contributed by atoms with Gasteiger partial charge in [-0.2, -0.15) is 0 Å². The highest BCUT2D eigenvalue weighted by Crippen LogP contribution is 2.29. The van der Waals surface area contributed by atoms with Gasteiger partial charge in [0.25, 0.3) is 0 Å². The van der Waals surface area contributed by atoms with Crippen molar-refractivity contribution in [3.05, 3.63) is 0 Å². The van der Waals surface area contributed by atoms with E-state index in [-0.39, 0.29) is 18.3 Å². The molecule has 1 saturated carbocycles. The molecule has 1 atom stereocenters. The average Bonchev–Trinajstić information content (AvgIpc) is 2.06. The second-order valence-corrected chi connectivity index (χ2v) is 5.63. The Morgan fingerprint density at radius 2 is 1.82 bits per heavy atom. The highest BCUT2D eigenvalue weighted by Gasteiger charge is 2.37. The number of hydrogen-bond donors (Lipinski definition) is 1. The van der Waals surface area contributed by atoms with Crippen LogP contribution in [-0.2, 0) is 4.79 Å². The van der Waals surface area contributed by atoms with Crippen LogP contribution < -0.4 is 5.32 Å². The summed E-state index contributed by atoms with van der Waals surface area (Å²) in [6, 6.07) is 0.885. The summed E-state index contributed by atoms with van der Waals surface area (Å²) >= 11 is 0. The van der Waals surface area contributed by atoms with Gasteiger partial charge in [-0.1, -0.05) is 6.92 Å². The fourth-order valence-electron chi connectivity index (χ4n) is 2.62. The van der Waals surface area contributed by atoms with Crippen LogP contribution in [0, 0.1) is 11.8 Å². The molecule has 0 aromatic carbocycles. The Morgan fingerprint density at radius 3 is 2.12 bits per heavy atom. The van der Waals surface area contributed by atoms with Crippen molar-refractivity contribution in [3.8, 4) is 0 Å². The molecule has 1 aliphatic carbocycles. The molecule has 1 aliphatic heterocycles. The Kier molecular flexibility index (Phi) is 5.26. The number of carbonyl (C=O) groups excluding carboxylic acids is 1. The summed E-state index contributed by atoms with van der Waals surface area (Å²) in [6.45, 7) is 8.42. The molecule has 4 heteroatoms. The largest absolute Gasteiger partial charge is 0.337 e. The Balaban J connectivity index is 0.00000144. The molecule has 2 rings (SSSR count). The van der Waals surface area contributed by atoms with E-state index < -0.39 is 0 Å². The van der Waals surface area contributed by atoms with Crippen LogP contribution in [0.1, 0.15) is 40.0 Å². The van der Waals surface area contributed by atoms with E-state index in [9.17, 15) is 4.79 Å². The smallest absolute Gasteiger partial charge is 0.226 e. The Hall–Kier alpha value is -0.280. The fourth-order valence-corrected chi connectivity index (χ4v) is 2.62. The van der Waals surface area contributed by atoms with Crippen molar-refractivity contribution in [1.82, 2.24) is 10.2 Å². The average molecular weight is 261 g/mol. The van der Waals surface area contributed by atoms with Crippen LogP contribution in [0.15, 0.2) is 0 Å². The lowest BCUT2D eigenvalue weighted by Gasteiger charge is -2.43. The molecular weight excluding hydrogens is 236 g/mol. The maximum Gasteiger partial charge on any atom is 0.226 e. The van der Waals surface area contributed by atoms with Crippen LogP contribution in [0.2, 0.25) is 0 Å². The summed E-state index contributed by atoms with van der Waals surface area (Å²) in [7, 11) is 0. The predicted molar refractivity (Wildman–Crippen MR) is 72.4 cm³/mol. The van der Waals surface area contributed by atoms with E-state index in [1.54, 1.807) is 0 Å². The number of amides is 1. The number of carbonyl (C=O) groups is 1. The normalized spacial score (nSPS) is 22.4. The van der Waals surface area contributed by atoms with Crippen LogP contribution in [0.5, 0.6) is 0 Å². The summed E-state index contributed by atoms with van der Waals surface area (Å²) in [6.07, 6.45) is 3.71. The number of rotatable bonds is 4. The number of halogens is 1. The topological polar surface area (TPSA) is 32.3 Å². The second kappa shape index (κ2) is 6.05. The van der Waals surface area contributed by atoms with Gasteiger partial charge < -0.3 is 10.2 Å². The molecular formula is C13H25ClN2O. The molecule has 1 heterocycles. The minimum absolute atomic E-state index is 0. The Bertz CT molecular complexity index is 262. The molecule has 17 heavy (non-hydrogen) atoms. The summed E-state index contributed by atoms with van der Waals surface area (Å²) in [4.78, 5) is 14.6. The lowest BCUT2D eigenvalue weighted by molar-refractivity contribution is -0.143. The zero-order chi connectivity index (χ0) is 11.7. The number of nitrogens with zero attached hydrogens (tertiary/aromatic N) is 1. The van der Waals surface area contributed by atoms with E-state index in [1.807, 2.05) is 0 Å². The minimum Gasteiger partial charge on any atom is -0.337 e. The Morgan fingerprint density at radius 1 is 1.24 bits per heavy atom. The first kappa shape index (κ1) is 14.8. The molecule has 0 aromatic heterocycles. The quantitative estimate of drug-likeness (QED) is 0.839. The van der Waals surface area contributed by atoms with Crippen molar-refractivity contribution < 1.29 is 4.79 Å². The van der Waals surface area contributed by atoms with Crippen LogP contribution >= 0.6 is 12.4 Å². The summed E-state index contributed by atoms with van der Waals surface area (Å²) in [5.74, 6) is 1.14. The van der Waals surface area contributed by atoms with Gasteiger partial charge in [-0.05, 0) is 52.1 Å². The SMILES string of the molecule is CC(C(=O)N(C(C)C)C1CCC1)C1CNC1.Cl. The van der Waals surface area contributed by atoms with Gasteiger partial charge in [-0.3, -0.25) is 4.79 Å². The van der Waals surface area contributed by atoms with E-state index in [0.29, 0.717) is 23.9 Å². The van der Waals surface area contributed by atoms with Gasteiger partial charge in [0.05, 0.1) is 0 Å². The van der Waals surface area contributed by atoms with Crippen LogP contribution in [0.25, 0.3) is 0 Å². The molecule has 1 N–H and O–H groups in total. The molecule has 1 saturated heterocycles. The van der Waals surface area contributed by atoms with Gasteiger partial charge in [0, 0.05) is 18.0 Å². The zero-order valence-corrected chi connectivity index (χ0v) is 11.9. The first-order chi connectivity index (χ1) is 7.61. The fraction of sp³-hybridized carbons (Fsp3) is 0.923. The summed E-state index contributed by atoms with van der Waals surface area (Å²) in [5, 5.41) is 3.25. The molecule has 0 spiro atoms. The second-order valence-electron chi connectivity index (χ2n) is 5.63. The first-order valence-corrected chi connectivity index (χ1v) is 6.64. The summed E-state index contributed by atoms with van der Waals surface area (Å²) < 4.78 is 0. The van der Waals surface area contributed by atoms with Crippen molar-refractivity contribution in [2.24, 2.45) is 11.8 Å². The van der Waals surface area contributed by atoms with Gasteiger partial charge in [0.2, 0.25) is 5.91 Å². The number of hydrogen-bond acceptors (Lipinski definition) is 2. The van der Waals surface area contributed by atoms with E-state index in [0.717, 1.165) is 13.1 Å². The predicted octanol–water partition coefficient (Wildman–Crippen LogP) is 2.05. The third-order valence-corrected chi connectivity index (χ3v) is 4.19. The molecule has 0 aromatic rings. The van der Waals surface area contributed by atoms with Crippen molar-refractivity contribution in [3.63, 3.8) is 0 Å². The van der Waals surface area contributed by atoms with Gasteiger partial charge in [-0.25, -0.2) is 0 Å². The lowest BCUT2D eigenvalue weighted by Crippen LogP contribution is -2.55. The van der Waals surface area contributed by atoms with Gasteiger partial charge >= 0.3 is 0 Å². The summed E-state index contributed by atoms with van der Waals surface area (Å²) in [5.41, 5.74) is 0. The standard InChI is InChI=1S/C13H24N2O.ClH/c1-9(2)15(12-5-4-6-12)13(16)10(3)11-7-14-8-11;/h9-12,14H,4-8H2,1-3H3;1H. The molecule has 2 aliphatic rings. The van der Waals surface area contributed by atoms with Crippen molar-refractivity contribution in [1.29, 1.82) is 0 Å². The molecule has 3 nitrogen and oxygen atoms in total. The van der Waals surface area contributed by atoms with Crippen LogP contribution in [-0.4, -0.2) is 36.0 Å². The molecule has 2 fully saturated rings. The number of nitrogens with one attached hydrogen (secondary N) is 1. The highest BCUT2D eigenvalue weighted by molar-refractivity contribution is 5.85. The maximum absolute atomic E-state index is 12.5. The molecule has 100 valence electrons. The molecule has 1 amide bonds. The van der Waals surface area contributed by atoms with Gasteiger partial charge in [0.15, 0.2) is 0 Å². The van der Waals surface area contributed by atoms with Crippen molar-refractivity contribution in [2.45, 2.75) is 52.1 Å². The van der Waals surface area contributed by atoms with Crippen molar-refractivity contribution >= 4 is 18.3 Å². The van der Waals surface area contributed by atoms with E-state index >= 15 is 0 Å². The van der Waals surface area contributed by atoms with Gasteiger partial charge in [-0.15, -0.1) is 12.4 Å². The van der Waals surface area contributed by atoms with E-state index in [4.69, 9.17) is 0 Å². The monoisotopic (exact) mass is 260 g/mol. The third kappa shape index (κ3) is 2.94. The van der Waals surface area contributed by atoms with Crippen molar-refractivity contribution in [2.75, 3.05) is 13.1 Å². The maximum atomic E-state index is 12.5. The third-order valence-electron chi connectivity index (χ3n) is 4.19. The van der Waals surface area contributed by atoms with E-state index in [2.05, 4.69) is 31.0 Å². The highest BCUT2D eigenvalue weighted by atomic mass is 35.5. The van der Waals surface area contributed by atoms with Gasteiger partial charge in [0.1, 0.15) is 0 Å². The minimum atomic E-state index is 0. The Labute approximate surface area is 111 Å².